The van der Waals surface area contributed by atoms with Crippen LogP contribution in [0.25, 0.3) is 0 Å². The molecule has 0 bridgehead atoms. The maximum atomic E-state index is 12.3. The van der Waals surface area contributed by atoms with Crippen molar-refractivity contribution in [3.8, 4) is 0 Å². The number of benzene rings is 1. The second-order valence-electron chi connectivity index (χ2n) is 5.58. The molecule has 0 aliphatic heterocycles. The van der Waals surface area contributed by atoms with E-state index >= 15 is 0 Å². The van der Waals surface area contributed by atoms with Crippen LogP contribution in [0.2, 0.25) is 0 Å². The highest BCUT2D eigenvalue weighted by Crippen LogP contribution is 2.13. The Bertz CT molecular complexity index is 659. The molecule has 0 spiro atoms. The first-order valence-electron chi connectivity index (χ1n) is 7.89. The number of carbonyl (C=O) groups excluding carboxylic acids is 4. The number of anilines is 1. The van der Waals surface area contributed by atoms with Crippen LogP contribution < -0.4 is 16.4 Å². The number of hydrogen-bond acceptors (Lipinski definition) is 5. The first-order valence-corrected chi connectivity index (χ1v) is 7.89. The Hall–Kier alpha value is -2.90. The number of ether oxygens (including phenoxy) is 1. The van der Waals surface area contributed by atoms with Gasteiger partial charge in [0.05, 0.1) is 12.5 Å². The lowest BCUT2D eigenvalue weighted by molar-refractivity contribution is -0.147. The van der Waals surface area contributed by atoms with Gasteiger partial charge in [-0.1, -0.05) is 13.0 Å². The van der Waals surface area contributed by atoms with Gasteiger partial charge in [0.25, 0.3) is 5.91 Å². The summed E-state index contributed by atoms with van der Waals surface area (Å²) in [6.45, 7) is 4.86. The molecule has 1 aromatic carbocycles. The van der Waals surface area contributed by atoms with Crippen molar-refractivity contribution in [3.05, 3.63) is 29.8 Å². The summed E-state index contributed by atoms with van der Waals surface area (Å²) in [4.78, 5) is 46.7. The molecule has 0 aliphatic carbocycles. The highest BCUT2D eigenvalue weighted by atomic mass is 16.5. The van der Waals surface area contributed by atoms with Gasteiger partial charge in [0.15, 0.2) is 0 Å². The van der Waals surface area contributed by atoms with Crippen LogP contribution in [0.3, 0.4) is 0 Å². The lowest BCUT2D eigenvalue weighted by Crippen LogP contribution is -2.46. The minimum atomic E-state index is -1.02. The van der Waals surface area contributed by atoms with Gasteiger partial charge in [0, 0.05) is 18.2 Å². The summed E-state index contributed by atoms with van der Waals surface area (Å²) in [6, 6.07) is 5.22. The Labute approximate surface area is 146 Å². The van der Waals surface area contributed by atoms with Gasteiger partial charge in [-0.05, 0) is 31.5 Å². The van der Waals surface area contributed by atoms with Crippen molar-refractivity contribution in [2.45, 2.75) is 33.2 Å². The van der Waals surface area contributed by atoms with E-state index in [4.69, 9.17) is 10.5 Å². The van der Waals surface area contributed by atoms with Crippen molar-refractivity contribution < 1.29 is 23.9 Å². The Balaban J connectivity index is 2.81. The molecule has 0 aliphatic rings. The fourth-order valence-electron chi connectivity index (χ4n) is 2.16. The lowest BCUT2D eigenvalue weighted by atomic mass is 10.0. The summed E-state index contributed by atoms with van der Waals surface area (Å²) < 4.78 is 4.88. The maximum Gasteiger partial charge on any atom is 0.308 e. The SMILES string of the molecule is CCOC(=O)[C@H](C)C[C@H](NC(=O)c1cccc(NC(C)=O)c1)C(N)=O. The number of rotatable bonds is 8. The predicted octanol–water partition coefficient (Wildman–Crippen LogP) is 0.818. The van der Waals surface area contributed by atoms with Crippen LogP contribution >= 0.6 is 0 Å². The molecule has 25 heavy (non-hydrogen) atoms. The average Bonchev–Trinajstić information content (AvgIpc) is 2.53. The summed E-state index contributed by atoms with van der Waals surface area (Å²) in [5, 5.41) is 5.07. The van der Waals surface area contributed by atoms with E-state index in [2.05, 4.69) is 10.6 Å². The van der Waals surface area contributed by atoms with E-state index in [1.54, 1.807) is 26.0 Å². The van der Waals surface area contributed by atoms with Gasteiger partial charge in [0.2, 0.25) is 11.8 Å². The van der Waals surface area contributed by atoms with Crippen molar-refractivity contribution in [1.82, 2.24) is 5.32 Å². The Morgan fingerprint density at radius 2 is 1.92 bits per heavy atom. The summed E-state index contributed by atoms with van der Waals surface area (Å²) in [5.41, 5.74) is 6.02. The molecule has 1 aromatic rings. The molecule has 0 heterocycles. The average molecular weight is 349 g/mol. The highest BCUT2D eigenvalue weighted by molar-refractivity contribution is 5.99. The zero-order chi connectivity index (χ0) is 19.0. The number of primary amides is 1. The smallest absolute Gasteiger partial charge is 0.308 e. The fraction of sp³-hybridized carbons (Fsp3) is 0.412. The summed E-state index contributed by atoms with van der Waals surface area (Å²) in [5.74, 6) is -2.61. The summed E-state index contributed by atoms with van der Waals surface area (Å²) in [6.07, 6.45) is 0.0330. The van der Waals surface area contributed by atoms with E-state index in [1.807, 2.05) is 0 Å². The van der Waals surface area contributed by atoms with Crippen LogP contribution in [0.4, 0.5) is 5.69 Å². The molecule has 4 N–H and O–H groups in total. The zero-order valence-corrected chi connectivity index (χ0v) is 14.5. The van der Waals surface area contributed by atoms with Crippen LogP contribution in [-0.2, 0) is 19.1 Å². The molecule has 0 fully saturated rings. The van der Waals surface area contributed by atoms with E-state index in [1.165, 1.54) is 19.1 Å². The van der Waals surface area contributed by atoms with E-state index in [0.717, 1.165) is 0 Å². The van der Waals surface area contributed by atoms with E-state index in [9.17, 15) is 19.2 Å². The van der Waals surface area contributed by atoms with Crippen LogP contribution in [0.5, 0.6) is 0 Å². The van der Waals surface area contributed by atoms with Crippen LogP contribution in [-0.4, -0.2) is 36.3 Å². The van der Waals surface area contributed by atoms with Gasteiger partial charge < -0.3 is 21.1 Å². The van der Waals surface area contributed by atoms with E-state index < -0.39 is 29.7 Å². The van der Waals surface area contributed by atoms with Crippen molar-refractivity contribution in [1.29, 1.82) is 0 Å². The zero-order valence-electron chi connectivity index (χ0n) is 14.5. The quantitative estimate of drug-likeness (QED) is 0.599. The van der Waals surface area contributed by atoms with Gasteiger partial charge in [-0.15, -0.1) is 0 Å². The molecule has 3 amide bonds. The molecule has 0 unspecified atom stereocenters. The number of hydrogen-bond donors (Lipinski definition) is 3. The van der Waals surface area contributed by atoms with E-state index in [0.29, 0.717) is 5.69 Å². The normalized spacial score (nSPS) is 12.6. The molecule has 0 saturated heterocycles. The van der Waals surface area contributed by atoms with Crippen molar-refractivity contribution >= 4 is 29.4 Å². The maximum absolute atomic E-state index is 12.3. The minimum Gasteiger partial charge on any atom is -0.466 e. The van der Waals surface area contributed by atoms with Gasteiger partial charge >= 0.3 is 5.97 Å². The monoisotopic (exact) mass is 349 g/mol. The number of nitrogens with one attached hydrogen (secondary N) is 2. The number of esters is 1. The topological polar surface area (TPSA) is 128 Å². The third-order valence-corrected chi connectivity index (χ3v) is 3.37. The standard InChI is InChI=1S/C17H23N3O5/c1-4-25-17(24)10(2)8-14(15(18)22)20-16(23)12-6-5-7-13(9-12)19-11(3)21/h5-7,9-10,14H,4,8H2,1-3H3,(H2,18,22)(H,19,21)(H,20,23)/t10-,14+/m1/s1. The van der Waals surface area contributed by atoms with Crippen LogP contribution in [0.1, 0.15) is 37.6 Å². The molecule has 8 nitrogen and oxygen atoms in total. The number of nitrogens with two attached hydrogens (primary N) is 1. The van der Waals surface area contributed by atoms with Crippen LogP contribution in [0, 0.1) is 5.92 Å². The first-order chi connectivity index (χ1) is 11.7. The summed E-state index contributed by atoms with van der Waals surface area (Å²) >= 11 is 0. The molecule has 2 atom stereocenters. The molecular formula is C17H23N3O5. The van der Waals surface area contributed by atoms with Gasteiger partial charge in [-0.25, -0.2) is 0 Å². The Morgan fingerprint density at radius 3 is 2.48 bits per heavy atom. The van der Waals surface area contributed by atoms with Gasteiger partial charge in [-0.2, -0.15) is 0 Å². The molecule has 136 valence electrons. The minimum absolute atomic E-state index is 0.0330. The fourth-order valence-corrected chi connectivity index (χ4v) is 2.16. The highest BCUT2D eigenvalue weighted by Gasteiger charge is 2.25. The van der Waals surface area contributed by atoms with Gasteiger partial charge in [-0.3, -0.25) is 19.2 Å². The first kappa shape index (κ1) is 20.1. The second kappa shape index (κ2) is 9.41. The van der Waals surface area contributed by atoms with E-state index in [-0.39, 0.29) is 24.5 Å². The molecule has 0 aromatic heterocycles. The third-order valence-electron chi connectivity index (χ3n) is 3.37. The Morgan fingerprint density at radius 1 is 1.24 bits per heavy atom. The van der Waals surface area contributed by atoms with Crippen molar-refractivity contribution in [3.63, 3.8) is 0 Å². The summed E-state index contributed by atoms with van der Waals surface area (Å²) in [7, 11) is 0. The van der Waals surface area contributed by atoms with Crippen LogP contribution in [0.15, 0.2) is 24.3 Å². The molecule has 8 heteroatoms. The van der Waals surface area contributed by atoms with Crippen molar-refractivity contribution in [2.75, 3.05) is 11.9 Å². The van der Waals surface area contributed by atoms with Gasteiger partial charge in [0.1, 0.15) is 6.04 Å². The van der Waals surface area contributed by atoms with Crippen molar-refractivity contribution in [2.24, 2.45) is 11.7 Å². The second-order valence-corrected chi connectivity index (χ2v) is 5.58. The predicted molar refractivity (Wildman–Crippen MR) is 91.6 cm³/mol. The molecule has 1 rings (SSSR count). The third kappa shape index (κ3) is 6.62. The molecule has 0 saturated carbocycles. The number of carbonyl (C=O) groups is 4. The Kier molecular flexibility index (Phi) is 7.58. The lowest BCUT2D eigenvalue weighted by Gasteiger charge is -2.19. The molecule has 0 radical (unpaired) electrons. The molecular weight excluding hydrogens is 326 g/mol. The largest absolute Gasteiger partial charge is 0.466 e. The number of amides is 3.